The second kappa shape index (κ2) is 6.31. The molecular weight excluding hydrogens is 301 g/mol. The maximum atomic E-state index is 13.1. The summed E-state index contributed by atoms with van der Waals surface area (Å²) in [5.74, 6) is -2.04. The monoisotopic (exact) mass is 311 g/mol. The molecule has 0 aliphatic heterocycles. The van der Waals surface area contributed by atoms with E-state index in [9.17, 15) is 14.0 Å². The van der Waals surface area contributed by atoms with Crippen molar-refractivity contribution >= 4 is 29.1 Å². The van der Waals surface area contributed by atoms with Crippen LogP contribution in [0.15, 0.2) is 24.5 Å². The zero-order valence-electron chi connectivity index (χ0n) is 10.9. The lowest BCUT2D eigenvalue weighted by Crippen LogP contribution is -2.37. The van der Waals surface area contributed by atoms with Crippen molar-refractivity contribution < 1.29 is 14.0 Å². The van der Waals surface area contributed by atoms with E-state index < -0.39 is 23.7 Å². The first-order valence-corrected chi connectivity index (χ1v) is 6.26. The van der Waals surface area contributed by atoms with E-state index in [-0.39, 0.29) is 10.7 Å². The fourth-order valence-corrected chi connectivity index (χ4v) is 1.79. The maximum absolute atomic E-state index is 13.1. The quantitative estimate of drug-likeness (QED) is 0.746. The Morgan fingerprint density at radius 3 is 2.71 bits per heavy atom. The third-order valence-corrected chi connectivity index (χ3v) is 2.74. The van der Waals surface area contributed by atoms with Gasteiger partial charge in [0.1, 0.15) is 18.0 Å². The Kier molecular flexibility index (Phi) is 4.49. The third-order valence-electron chi connectivity index (χ3n) is 2.52. The van der Waals surface area contributed by atoms with Gasteiger partial charge in [-0.3, -0.25) is 14.7 Å². The number of H-pyrrole nitrogens is 1. The minimum atomic E-state index is -0.942. The second-order valence-corrected chi connectivity index (χ2v) is 4.61. The average molecular weight is 312 g/mol. The van der Waals surface area contributed by atoms with Crippen molar-refractivity contribution in [2.75, 3.05) is 5.32 Å². The Morgan fingerprint density at radius 1 is 1.33 bits per heavy atom. The summed E-state index contributed by atoms with van der Waals surface area (Å²) in [5.41, 5.74) is 0.0902. The molecule has 110 valence electrons. The van der Waals surface area contributed by atoms with E-state index >= 15 is 0 Å². The molecule has 0 aliphatic carbocycles. The molecular formula is C12H11ClFN5O2. The van der Waals surface area contributed by atoms with Gasteiger partial charge in [0.05, 0.1) is 6.04 Å². The van der Waals surface area contributed by atoms with Gasteiger partial charge in [-0.15, -0.1) is 0 Å². The van der Waals surface area contributed by atoms with Gasteiger partial charge in [0.2, 0.25) is 0 Å². The molecule has 0 aliphatic rings. The highest BCUT2D eigenvalue weighted by Gasteiger charge is 2.18. The van der Waals surface area contributed by atoms with Crippen LogP contribution < -0.4 is 10.6 Å². The predicted octanol–water partition coefficient (Wildman–Crippen LogP) is 1.41. The van der Waals surface area contributed by atoms with Crippen molar-refractivity contribution in [3.8, 4) is 0 Å². The molecule has 1 unspecified atom stereocenters. The van der Waals surface area contributed by atoms with Crippen molar-refractivity contribution in [3.63, 3.8) is 0 Å². The molecule has 0 bridgehead atoms. The van der Waals surface area contributed by atoms with Crippen molar-refractivity contribution in [2.24, 2.45) is 0 Å². The summed E-state index contributed by atoms with van der Waals surface area (Å²) >= 11 is 5.65. The fraction of sp³-hybridized carbons (Fsp3) is 0.167. The normalized spacial score (nSPS) is 11.8. The van der Waals surface area contributed by atoms with E-state index in [4.69, 9.17) is 11.6 Å². The van der Waals surface area contributed by atoms with Crippen LogP contribution in [0.5, 0.6) is 0 Å². The van der Waals surface area contributed by atoms with Gasteiger partial charge in [-0.2, -0.15) is 5.10 Å². The van der Waals surface area contributed by atoms with Crippen molar-refractivity contribution in [3.05, 3.63) is 41.2 Å². The van der Waals surface area contributed by atoms with Gasteiger partial charge >= 0.3 is 11.8 Å². The number of anilines is 1. The SMILES string of the molecule is CC(NC(=O)C(=O)Nc1cc(F)cc(Cl)c1)c1ncn[nH]1. The number of hydrogen-bond acceptors (Lipinski definition) is 4. The lowest BCUT2D eigenvalue weighted by molar-refractivity contribution is -0.136. The van der Waals surface area contributed by atoms with Gasteiger partial charge in [0.25, 0.3) is 0 Å². The molecule has 2 aromatic rings. The molecule has 0 saturated heterocycles. The van der Waals surface area contributed by atoms with Crippen molar-refractivity contribution in [1.82, 2.24) is 20.5 Å². The molecule has 1 heterocycles. The van der Waals surface area contributed by atoms with Crippen LogP contribution in [-0.2, 0) is 9.59 Å². The molecule has 21 heavy (non-hydrogen) atoms. The van der Waals surface area contributed by atoms with Gasteiger partial charge in [-0.1, -0.05) is 11.6 Å². The van der Waals surface area contributed by atoms with Crippen LogP contribution in [0, 0.1) is 5.82 Å². The zero-order valence-corrected chi connectivity index (χ0v) is 11.6. The van der Waals surface area contributed by atoms with E-state index in [2.05, 4.69) is 25.8 Å². The molecule has 0 spiro atoms. The Bertz CT molecular complexity index is 641. The summed E-state index contributed by atoms with van der Waals surface area (Å²) in [6, 6.07) is 2.94. The number of carbonyl (C=O) groups excluding carboxylic acids is 2. The van der Waals surface area contributed by atoms with Crippen LogP contribution in [0.2, 0.25) is 5.02 Å². The lowest BCUT2D eigenvalue weighted by Gasteiger charge is -2.11. The smallest absolute Gasteiger partial charge is 0.313 e. The van der Waals surface area contributed by atoms with Crippen molar-refractivity contribution in [2.45, 2.75) is 13.0 Å². The van der Waals surface area contributed by atoms with Gasteiger partial charge in [0.15, 0.2) is 0 Å². The number of rotatable bonds is 3. The molecule has 2 rings (SSSR count). The molecule has 0 radical (unpaired) electrons. The number of amides is 2. The lowest BCUT2D eigenvalue weighted by atomic mass is 10.3. The number of benzene rings is 1. The summed E-state index contributed by atoms with van der Waals surface area (Å²) in [4.78, 5) is 27.3. The summed E-state index contributed by atoms with van der Waals surface area (Å²) in [7, 11) is 0. The first kappa shape index (κ1) is 14.9. The first-order chi connectivity index (χ1) is 9.95. The van der Waals surface area contributed by atoms with Gasteiger partial charge < -0.3 is 10.6 Å². The van der Waals surface area contributed by atoms with E-state index in [1.54, 1.807) is 6.92 Å². The number of hydrogen-bond donors (Lipinski definition) is 3. The van der Waals surface area contributed by atoms with Crippen LogP contribution in [-0.4, -0.2) is 27.0 Å². The highest BCUT2D eigenvalue weighted by Crippen LogP contribution is 2.18. The molecule has 1 atom stereocenters. The minimum Gasteiger partial charge on any atom is -0.338 e. The number of halogens is 2. The average Bonchev–Trinajstić information content (AvgIpc) is 2.91. The Hall–Kier alpha value is -2.48. The number of carbonyl (C=O) groups is 2. The molecule has 3 N–H and O–H groups in total. The summed E-state index contributed by atoms with van der Waals surface area (Å²) in [5, 5.41) is 11.0. The molecule has 7 nitrogen and oxygen atoms in total. The van der Waals surface area contributed by atoms with Crippen molar-refractivity contribution in [1.29, 1.82) is 0 Å². The summed E-state index contributed by atoms with van der Waals surface area (Å²) in [6.07, 6.45) is 1.28. The molecule has 2 amide bonds. The van der Waals surface area contributed by atoms with Crippen LogP contribution >= 0.6 is 11.6 Å². The predicted molar refractivity (Wildman–Crippen MR) is 73.0 cm³/mol. The summed E-state index contributed by atoms with van der Waals surface area (Å²) < 4.78 is 13.1. The van der Waals surface area contributed by atoms with Crippen LogP contribution in [0.4, 0.5) is 10.1 Å². The van der Waals surface area contributed by atoms with Crippen LogP contribution in [0.1, 0.15) is 18.8 Å². The largest absolute Gasteiger partial charge is 0.338 e. The summed E-state index contributed by atoms with van der Waals surface area (Å²) in [6.45, 7) is 1.63. The topological polar surface area (TPSA) is 99.8 Å². The van der Waals surface area contributed by atoms with Crippen LogP contribution in [0.25, 0.3) is 0 Å². The number of nitrogens with zero attached hydrogens (tertiary/aromatic N) is 2. The zero-order chi connectivity index (χ0) is 15.4. The number of aromatic amines is 1. The molecule has 0 saturated carbocycles. The van der Waals surface area contributed by atoms with Gasteiger partial charge in [-0.05, 0) is 25.1 Å². The number of aromatic nitrogens is 3. The van der Waals surface area contributed by atoms with E-state index in [1.165, 1.54) is 12.4 Å². The van der Waals surface area contributed by atoms with Crippen LogP contribution in [0.3, 0.4) is 0 Å². The van der Waals surface area contributed by atoms with E-state index in [0.29, 0.717) is 5.82 Å². The second-order valence-electron chi connectivity index (χ2n) is 4.18. The Morgan fingerprint density at radius 2 is 2.10 bits per heavy atom. The van der Waals surface area contributed by atoms with E-state index in [0.717, 1.165) is 12.1 Å². The fourth-order valence-electron chi connectivity index (χ4n) is 1.57. The standard InChI is InChI=1S/C12H11ClFN5O2/c1-6(10-15-5-16-19-10)17-11(20)12(21)18-9-3-7(13)2-8(14)4-9/h2-6H,1H3,(H,17,20)(H,18,21)(H,15,16,19). The van der Waals surface area contributed by atoms with Gasteiger partial charge in [0, 0.05) is 10.7 Å². The molecule has 0 fully saturated rings. The highest BCUT2D eigenvalue weighted by atomic mass is 35.5. The maximum Gasteiger partial charge on any atom is 0.313 e. The highest BCUT2D eigenvalue weighted by molar-refractivity contribution is 6.39. The molecule has 1 aromatic carbocycles. The first-order valence-electron chi connectivity index (χ1n) is 5.89. The third kappa shape index (κ3) is 3.99. The molecule has 9 heteroatoms. The molecule has 1 aromatic heterocycles. The van der Waals surface area contributed by atoms with E-state index in [1.807, 2.05) is 0 Å². The number of nitrogens with one attached hydrogen (secondary N) is 3. The Labute approximate surface area is 123 Å². The Balaban J connectivity index is 1.98. The van der Waals surface area contributed by atoms with Gasteiger partial charge in [-0.25, -0.2) is 9.37 Å². The minimum absolute atomic E-state index is 0.0902.